The summed E-state index contributed by atoms with van der Waals surface area (Å²) in [5.74, 6) is -0.695. The number of esters is 2. The molecule has 21 heavy (non-hydrogen) atoms. The van der Waals surface area contributed by atoms with Gasteiger partial charge < -0.3 is 9.47 Å². The number of carbonyl (C=O) groups is 2. The molecule has 0 aliphatic carbocycles. The van der Waals surface area contributed by atoms with Crippen molar-refractivity contribution in [2.75, 3.05) is 6.61 Å². The van der Waals surface area contributed by atoms with Crippen LogP contribution >= 0.6 is 0 Å². The smallest absolute Gasteiger partial charge is 0.347 e. The third-order valence-electron chi connectivity index (χ3n) is 2.92. The Bertz CT molecular complexity index is 655. The van der Waals surface area contributed by atoms with Crippen LogP contribution in [-0.4, -0.2) is 44.9 Å². The van der Waals surface area contributed by atoms with Crippen molar-refractivity contribution in [3.8, 4) is 11.4 Å². The Balaban J connectivity index is 1.62. The first kappa shape index (κ1) is 13.2. The van der Waals surface area contributed by atoms with Crippen molar-refractivity contribution in [3.05, 3.63) is 30.3 Å². The summed E-state index contributed by atoms with van der Waals surface area (Å²) in [6.45, 7) is 0.0696. The van der Waals surface area contributed by atoms with E-state index < -0.39 is 18.0 Å². The number of hydrogen-bond donors (Lipinski definition) is 0. The van der Waals surface area contributed by atoms with Crippen LogP contribution in [0.1, 0.15) is 6.42 Å². The van der Waals surface area contributed by atoms with Crippen LogP contribution in [0.15, 0.2) is 30.3 Å². The fourth-order valence-corrected chi connectivity index (χ4v) is 1.91. The lowest BCUT2D eigenvalue weighted by Crippen LogP contribution is -2.25. The van der Waals surface area contributed by atoms with E-state index in [1.165, 1.54) is 0 Å². The maximum absolute atomic E-state index is 11.7. The molecule has 1 aliphatic rings. The Labute approximate surface area is 119 Å². The Morgan fingerprint density at radius 3 is 2.90 bits per heavy atom. The molecule has 0 N–H and O–H groups in total. The minimum absolute atomic E-state index is 0.205. The van der Waals surface area contributed by atoms with Gasteiger partial charge in [0.15, 0.2) is 6.54 Å². The zero-order valence-corrected chi connectivity index (χ0v) is 11.0. The quantitative estimate of drug-likeness (QED) is 0.741. The molecule has 3 rings (SSSR count). The highest BCUT2D eigenvalue weighted by Crippen LogP contribution is 2.12. The minimum atomic E-state index is -0.824. The summed E-state index contributed by atoms with van der Waals surface area (Å²) in [6, 6.07) is 9.28. The second kappa shape index (κ2) is 5.70. The third-order valence-corrected chi connectivity index (χ3v) is 2.92. The maximum Gasteiger partial charge on any atom is 0.347 e. The second-order valence-corrected chi connectivity index (χ2v) is 4.44. The van der Waals surface area contributed by atoms with Gasteiger partial charge in [-0.1, -0.05) is 30.3 Å². The molecule has 0 unspecified atom stereocenters. The molecule has 2 heterocycles. The van der Waals surface area contributed by atoms with Crippen LogP contribution in [0.3, 0.4) is 0 Å². The van der Waals surface area contributed by atoms with Gasteiger partial charge in [0.1, 0.15) is 0 Å². The standard InChI is InChI=1S/C13H12N4O4/c18-11(21-10-6-7-20-13(10)19)8-17-15-12(14-16-17)9-4-2-1-3-5-9/h1-5,10H,6-8H2/t10-/m1/s1. The largest absolute Gasteiger partial charge is 0.463 e. The number of tetrazole rings is 1. The highest BCUT2D eigenvalue weighted by Gasteiger charge is 2.30. The molecule has 8 heteroatoms. The lowest BCUT2D eigenvalue weighted by atomic mass is 10.2. The van der Waals surface area contributed by atoms with Gasteiger partial charge in [-0.15, -0.1) is 10.2 Å². The Hall–Kier alpha value is -2.77. The number of aromatic nitrogens is 4. The van der Waals surface area contributed by atoms with Crippen LogP contribution in [0.4, 0.5) is 0 Å². The van der Waals surface area contributed by atoms with Crippen LogP contribution in [0.2, 0.25) is 0 Å². The van der Waals surface area contributed by atoms with Crippen molar-refractivity contribution in [2.24, 2.45) is 0 Å². The van der Waals surface area contributed by atoms with Crippen molar-refractivity contribution in [1.29, 1.82) is 0 Å². The van der Waals surface area contributed by atoms with E-state index in [0.717, 1.165) is 10.4 Å². The van der Waals surface area contributed by atoms with Gasteiger partial charge in [-0.3, -0.25) is 0 Å². The molecule has 2 aromatic rings. The molecule has 0 amide bonds. The fraction of sp³-hybridized carbons (Fsp3) is 0.308. The summed E-state index contributed by atoms with van der Waals surface area (Å²) in [7, 11) is 0. The van der Waals surface area contributed by atoms with Gasteiger partial charge in [-0.05, 0) is 5.21 Å². The van der Waals surface area contributed by atoms with Gasteiger partial charge in [-0.25, -0.2) is 9.59 Å². The Kier molecular flexibility index (Phi) is 3.59. The molecule has 1 fully saturated rings. The van der Waals surface area contributed by atoms with Crippen LogP contribution in [0, 0.1) is 0 Å². The van der Waals surface area contributed by atoms with E-state index in [1.54, 1.807) is 0 Å². The summed E-state index contributed by atoms with van der Waals surface area (Å²) in [5, 5.41) is 11.7. The summed E-state index contributed by atoms with van der Waals surface area (Å²) in [5.41, 5.74) is 0.802. The molecule has 0 saturated carbocycles. The lowest BCUT2D eigenvalue weighted by Gasteiger charge is -2.06. The number of cyclic esters (lactones) is 1. The second-order valence-electron chi connectivity index (χ2n) is 4.44. The molecular formula is C13H12N4O4. The summed E-state index contributed by atoms with van der Waals surface area (Å²) < 4.78 is 9.71. The minimum Gasteiger partial charge on any atom is -0.463 e. The van der Waals surface area contributed by atoms with Crippen LogP contribution in [0.5, 0.6) is 0 Å². The summed E-state index contributed by atoms with van der Waals surface area (Å²) in [4.78, 5) is 24.0. The zero-order valence-electron chi connectivity index (χ0n) is 11.0. The number of carbonyl (C=O) groups excluding carboxylic acids is 2. The van der Waals surface area contributed by atoms with Gasteiger partial charge in [0.25, 0.3) is 0 Å². The van der Waals surface area contributed by atoms with Crippen LogP contribution < -0.4 is 0 Å². The average Bonchev–Trinajstić information content (AvgIpc) is 3.10. The van der Waals surface area contributed by atoms with E-state index in [2.05, 4.69) is 15.4 Å². The molecule has 0 spiro atoms. The number of rotatable bonds is 4. The van der Waals surface area contributed by atoms with Gasteiger partial charge in [0.05, 0.1) is 6.61 Å². The highest BCUT2D eigenvalue weighted by molar-refractivity contribution is 5.80. The number of nitrogens with zero attached hydrogens (tertiary/aromatic N) is 4. The first-order valence-corrected chi connectivity index (χ1v) is 6.42. The first-order chi connectivity index (χ1) is 10.2. The van der Waals surface area contributed by atoms with E-state index in [-0.39, 0.29) is 13.2 Å². The normalized spacial score (nSPS) is 17.5. The van der Waals surface area contributed by atoms with Crippen molar-refractivity contribution < 1.29 is 19.1 Å². The van der Waals surface area contributed by atoms with E-state index >= 15 is 0 Å². The monoisotopic (exact) mass is 288 g/mol. The molecule has 1 atom stereocenters. The van der Waals surface area contributed by atoms with Crippen molar-refractivity contribution in [1.82, 2.24) is 20.2 Å². The SMILES string of the molecule is O=C(Cn1nnc(-c2ccccc2)n1)O[C@@H]1CCOC1=O. The molecule has 1 aromatic heterocycles. The summed E-state index contributed by atoms with van der Waals surface area (Å²) in [6.07, 6.45) is -0.445. The molecular weight excluding hydrogens is 276 g/mol. The number of ether oxygens (including phenoxy) is 2. The molecule has 1 aliphatic heterocycles. The maximum atomic E-state index is 11.7. The predicted molar refractivity (Wildman–Crippen MR) is 68.7 cm³/mol. The molecule has 1 aromatic carbocycles. The number of hydrogen-bond acceptors (Lipinski definition) is 7. The van der Waals surface area contributed by atoms with Gasteiger partial charge in [0, 0.05) is 12.0 Å². The van der Waals surface area contributed by atoms with E-state index in [0.29, 0.717) is 12.2 Å². The Morgan fingerprint density at radius 1 is 1.38 bits per heavy atom. The topological polar surface area (TPSA) is 96.2 Å². The van der Waals surface area contributed by atoms with E-state index in [4.69, 9.17) is 9.47 Å². The molecule has 108 valence electrons. The van der Waals surface area contributed by atoms with Gasteiger partial charge >= 0.3 is 11.9 Å². The highest BCUT2D eigenvalue weighted by atomic mass is 16.6. The van der Waals surface area contributed by atoms with Gasteiger partial charge in [-0.2, -0.15) is 4.80 Å². The average molecular weight is 288 g/mol. The molecule has 0 radical (unpaired) electrons. The molecule has 1 saturated heterocycles. The molecule has 0 bridgehead atoms. The van der Waals surface area contributed by atoms with Crippen molar-refractivity contribution in [3.63, 3.8) is 0 Å². The van der Waals surface area contributed by atoms with Crippen molar-refractivity contribution in [2.45, 2.75) is 19.1 Å². The van der Waals surface area contributed by atoms with E-state index in [1.807, 2.05) is 30.3 Å². The van der Waals surface area contributed by atoms with Crippen LogP contribution in [-0.2, 0) is 25.6 Å². The van der Waals surface area contributed by atoms with Crippen LogP contribution in [0.25, 0.3) is 11.4 Å². The predicted octanol–water partition coefficient (Wildman–Crippen LogP) is 0.199. The lowest BCUT2D eigenvalue weighted by molar-refractivity contribution is -0.161. The fourth-order valence-electron chi connectivity index (χ4n) is 1.91. The molecule has 8 nitrogen and oxygen atoms in total. The zero-order chi connectivity index (χ0) is 14.7. The van der Waals surface area contributed by atoms with Crippen molar-refractivity contribution >= 4 is 11.9 Å². The number of benzene rings is 1. The first-order valence-electron chi connectivity index (χ1n) is 6.42. The van der Waals surface area contributed by atoms with Gasteiger partial charge in [0.2, 0.25) is 11.9 Å². The Morgan fingerprint density at radius 2 is 2.19 bits per heavy atom. The third kappa shape index (κ3) is 3.04. The van der Waals surface area contributed by atoms with E-state index in [9.17, 15) is 9.59 Å². The summed E-state index contributed by atoms with van der Waals surface area (Å²) >= 11 is 0.